The second-order valence-electron chi connectivity index (χ2n) is 4.59. The van der Waals surface area contributed by atoms with Crippen LogP contribution < -0.4 is 5.56 Å². The molecule has 0 spiro atoms. The average molecular weight is 299 g/mol. The van der Waals surface area contributed by atoms with Gasteiger partial charge in [-0.3, -0.25) is 4.79 Å². The maximum Gasteiger partial charge on any atom is 0.416 e. The van der Waals surface area contributed by atoms with E-state index in [0.29, 0.717) is 0 Å². The highest BCUT2D eigenvalue weighted by atomic mass is 19.4. The molecule has 1 atom stereocenters. The van der Waals surface area contributed by atoms with Crippen molar-refractivity contribution in [3.05, 3.63) is 46.4 Å². The van der Waals surface area contributed by atoms with Crippen molar-refractivity contribution in [1.29, 1.82) is 0 Å². The highest BCUT2D eigenvalue weighted by Gasteiger charge is 2.30. The van der Waals surface area contributed by atoms with Crippen molar-refractivity contribution >= 4 is 16.7 Å². The minimum Gasteiger partial charge on any atom is -0.480 e. The Balaban J connectivity index is 2.64. The predicted octanol–water partition coefficient (Wildman–Crippen LogP) is 3.06. The van der Waals surface area contributed by atoms with Gasteiger partial charge in [0.15, 0.2) is 0 Å². The van der Waals surface area contributed by atoms with Crippen molar-refractivity contribution in [2.75, 3.05) is 0 Å². The molecular weight excluding hydrogens is 287 g/mol. The molecule has 1 heterocycles. The maximum atomic E-state index is 12.6. The highest BCUT2D eigenvalue weighted by Crippen LogP contribution is 2.30. The Hall–Kier alpha value is -2.31. The molecule has 1 aromatic carbocycles. The van der Waals surface area contributed by atoms with E-state index in [1.165, 1.54) is 12.3 Å². The first-order valence-corrected chi connectivity index (χ1v) is 6.20. The van der Waals surface area contributed by atoms with Gasteiger partial charge in [-0.15, -0.1) is 0 Å². The zero-order valence-electron chi connectivity index (χ0n) is 11.0. The molecular formula is C14H12F3NO3. The summed E-state index contributed by atoms with van der Waals surface area (Å²) in [6.45, 7) is 1.61. The lowest BCUT2D eigenvalue weighted by Gasteiger charge is -2.15. The van der Waals surface area contributed by atoms with E-state index in [4.69, 9.17) is 5.11 Å². The molecule has 0 bridgehead atoms. The second-order valence-corrected chi connectivity index (χ2v) is 4.59. The number of halogens is 3. The molecule has 1 unspecified atom stereocenters. The minimum absolute atomic E-state index is 0.0604. The molecule has 0 saturated carbocycles. The lowest BCUT2D eigenvalue weighted by Crippen LogP contribution is -2.29. The van der Waals surface area contributed by atoms with Crippen LogP contribution in [0.2, 0.25) is 0 Å². The molecule has 4 nitrogen and oxygen atoms in total. The van der Waals surface area contributed by atoms with Crippen LogP contribution in [0.1, 0.15) is 24.9 Å². The minimum atomic E-state index is -4.49. The monoisotopic (exact) mass is 299 g/mol. The fourth-order valence-electron chi connectivity index (χ4n) is 2.17. The molecule has 0 radical (unpaired) electrons. The number of aromatic nitrogens is 1. The van der Waals surface area contributed by atoms with Gasteiger partial charge in [0.2, 0.25) is 0 Å². The number of hydrogen-bond donors (Lipinski definition) is 1. The molecule has 0 aliphatic rings. The van der Waals surface area contributed by atoms with E-state index >= 15 is 0 Å². The van der Waals surface area contributed by atoms with Gasteiger partial charge >= 0.3 is 12.1 Å². The molecule has 0 amide bonds. The number of carboxylic acids is 1. The summed E-state index contributed by atoms with van der Waals surface area (Å²) in [7, 11) is 0. The molecule has 1 aromatic heterocycles. The first-order valence-electron chi connectivity index (χ1n) is 6.20. The standard InChI is InChI=1S/C14H12F3NO3/c1-2-11(13(20)21)18-6-5-8-7-9(14(15,16)17)3-4-10(8)12(18)19/h3-7,11H,2H2,1H3,(H,20,21). The summed E-state index contributed by atoms with van der Waals surface area (Å²) in [4.78, 5) is 23.3. The molecule has 1 N–H and O–H groups in total. The van der Waals surface area contributed by atoms with Gasteiger partial charge in [0, 0.05) is 11.6 Å². The molecule has 2 rings (SSSR count). The van der Waals surface area contributed by atoms with E-state index in [-0.39, 0.29) is 17.2 Å². The number of carbonyl (C=O) groups is 1. The Kier molecular flexibility index (Phi) is 3.76. The topological polar surface area (TPSA) is 59.3 Å². The van der Waals surface area contributed by atoms with Crippen LogP contribution >= 0.6 is 0 Å². The van der Waals surface area contributed by atoms with Crippen LogP contribution in [0, 0.1) is 0 Å². The Morgan fingerprint density at radius 2 is 2.00 bits per heavy atom. The van der Waals surface area contributed by atoms with Gasteiger partial charge in [0.1, 0.15) is 6.04 Å². The number of carboxylic acid groups (broad SMARTS) is 1. The summed E-state index contributed by atoms with van der Waals surface area (Å²) in [5, 5.41) is 9.26. The number of nitrogens with zero attached hydrogens (tertiary/aromatic N) is 1. The molecule has 0 saturated heterocycles. The quantitative estimate of drug-likeness (QED) is 0.947. The van der Waals surface area contributed by atoms with Crippen LogP contribution in [-0.2, 0) is 11.0 Å². The molecule has 112 valence electrons. The Morgan fingerprint density at radius 3 is 2.52 bits per heavy atom. The Bertz CT molecular complexity index is 749. The predicted molar refractivity (Wildman–Crippen MR) is 70.2 cm³/mol. The number of benzene rings is 1. The van der Waals surface area contributed by atoms with Gasteiger partial charge in [-0.05, 0) is 36.1 Å². The number of rotatable bonds is 3. The van der Waals surface area contributed by atoms with Crippen LogP contribution in [0.4, 0.5) is 13.2 Å². The summed E-state index contributed by atoms with van der Waals surface area (Å²) in [6.07, 6.45) is -3.08. The van der Waals surface area contributed by atoms with Crippen molar-refractivity contribution in [3.63, 3.8) is 0 Å². The van der Waals surface area contributed by atoms with E-state index in [1.807, 2.05) is 0 Å². The summed E-state index contributed by atoms with van der Waals surface area (Å²) < 4.78 is 38.9. The van der Waals surface area contributed by atoms with Crippen LogP contribution in [0.15, 0.2) is 35.3 Å². The van der Waals surface area contributed by atoms with Crippen molar-refractivity contribution in [2.45, 2.75) is 25.6 Å². The average Bonchev–Trinajstić information content (AvgIpc) is 2.40. The number of alkyl halides is 3. The van der Waals surface area contributed by atoms with Crippen LogP contribution in [0.25, 0.3) is 10.8 Å². The number of aliphatic carboxylic acids is 1. The van der Waals surface area contributed by atoms with Crippen molar-refractivity contribution in [1.82, 2.24) is 4.57 Å². The summed E-state index contributed by atoms with van der Waals surface area (Å²) in [5.74, 6) is -1.16. The van der Waals surface area contributed by atoms with E-state index in [2.05, 4.69) is 0 Å². The number of hydrogen-bond acceptors (Lipinski definition) is 2. The third-order valence-corrected chi connectivity index (χ3v) is 3.27. The van der Waals surface area contributed by atoms with Gasteiger partial charge in [0.05, 0.1) is 5.56 Å². The number of fused-ring (bicyclic) bond motifs is 1. The van der Waals surface area contributed by atoms with Crippen LogP contribution in [0.5, 0.6) is 0 Å². The normalized spacial score (nSPS) is 13.3. The van der Waals surface area contributed by atoms with Crippen molar-refractivity contribution < 1.29 is 23.1 Å². The smallest absolute Gasteiger partial charge is 0.416 e. The summed E-state index contributed by atoms with van der Waals surface area (Å²) in [6, 6.07) is 3.05. The van der Waals surface area contributed by atoms with Crippen molar-refractivity contribution in [2.24, 2.45) is 0 Å². The lowest BCUT2D eigenvalue weighted by molar-refractivity contribution is -0.141. The van der Waals surface area contributed by atoms with Crippen LogP contribution in [-0.4, -0.2) is 15.6 Å². The SMILES string of the molecule is CCC(C(=O)O)n1ccc2cc(C(F)(F)F)ccc2c1=O. The van der Waals surface area contributed by atoms with E-state index in [9.17, 15) is 22.8 Å². The summed E-state index contributed by atoms with van der Waals surface area (Å²) >= 11 is 0. The largest absolute Gasteiger partial charge is 0.480 e. The molecule has 21 heavy (non-hydrogen) atoms. The lowest BCUT2D eigenvalue weighted by atomic mass is 10.1. The fourth-order valence-corrected chi connectivity index (χ4v) is 2.17. The number of pyridine rings is 1. The van der Waals surface area contributed by atoms with E-state index in [1.54, 1.807) is 6.92 Å². The summed E-state index contributed by atoms with van der Waals surface area (Å²) in [5.41, 5.74) is -1.46. The van der Waals surface area contributed by atoms with E-state index < -0.39 is 29.3 Å². The van der Waals surface area contributed by atoms with Gasteiger partial charge in [-0.2, -0.15) is 13.2 Å². The van der Waals surface area contributed by atoms with Gasteiger partial charge < -0.3 is 9.67 Å². The highest BCUT2D eigenvalue weighted by molar-refractivity contribution is 5.83. The molecule has 2 aromatic rings. The fraction of sp³-hybridized carbons (Fsp3) is 0.286. The molecule has 0 aliphatic heterocycles. The van der Waals surface area contributed by atoms with Gasteiger partial charge in [-0.25, -0.2) is 4.79 Å². The Labute approximate surface area is 117 Å². The molecule has 0 fully saturated rings. The first-order chi connectivity index (χ1) is 9.75. The van der Waals surface area contributed by atoms with Gasteiger partial charge in [-0.1, -0.05) is 6.92 Å². The molecule has 7 heteroatoms. The van der Waals surface area contributed by atoms with Crippen molar-refractivity contribution in [3.8, 4) is 0 Å². The second kappa shape index (κ2) is 5.23. The Morgan fingerprint density at radius 1 is 1.33 bits per heavy atom. The van der Waals surface area contributed by atoms with Gasteiger partial charge in [0.25, 0.3) is 5.56 Å². The molecule has 0 aliphatic carbocycles. The first kappa shape index (κ1) is 15.1. The third kappa shape index (κ3) is 2.76. The zero-order valence-corrected chi connectivity index (χ0v) is 11.0. The van der Waals surface area contributed by atoms with Crippen LogP contribution in [0.3, 0.4) is 0 Å². The van der Waals surface area contributed by atoms with E-state index in [0.717, 1.165) is 22.8 Å². The third-order valence-electron chi connectivity index (χ3n) is 3.27. The maximum absolute atomic E-state index is 12.6. The zero-order chi connectivity index (χ0) is 15.8.